The van der Waals surface area contributed by atoms with Crippen LogP contribution in [0.4, 0.5) is 10.1 Å². The first-order valence-corrected chi connectivity index (χ1v) is 9.95. The molecule has 1 fully saturated rings. The lowest BCUT2D eigenvalue weighted by Crippen LogP contribution is -2.35. The Bertz CT molecular complexity index is 607. The van der Waals surface area contributed by atoms with Crippen LogP contribution in [-0.4, -0.2) is 71.5 Å². The van der Waals surface area contributed by atoms with Crippen molar-refractivity contribution in [2.75, 3.05) is 59.5 Å². The third-order valence-corrected chi connectivity index (χ3v) is 5.41. The van der Waals surface area contributed by atoms with Crippen molar-refractivity contribution in [2.45, 2.75) is 31.0 Å². The molecule has 2 rings (SSSR count). The summed E-state index contributed by atoms with van der Waals surface area (Å²) in [6.07, 6.45) is 3.18. The number of hydrogen-bond acceptors (Lipinski definition) is 6. The van der Waals surface area contributed by atoms with E-state index in [2.05, 4.69) is 46.7 Å². The van der Waals surface area contributed by atoms with E-state index in [9.17, 15) is 4.39 Å². The highest BCUT2D eigenvalue weighted by molar-refractivity contribution is 5.49. The van der Waals surface area contributed by atoms with Crippen molar-refractivity contribution in [1.82, 2.24) is 15.5 Å². The van der Waals surface area contributed by atoms with Gasteiger partial charge in [0.1, 0.15) is 12.8 Å². The molecule has 0 aromatic heterocycles. The fraction of sp³-hybridized carbons (Fsp3) is 0.619. The number of hydrogen-bond donors (Lipinski definition) is 3. The number of nitrogens with zero attached hydrogens (tertiary/aromatic N) is 2. The van der Waals surface area contributed by atoms with E-state index < -0.39 is 12.7 Å². The standard InChI is InChI=1S/C21H36FN5O/c1-24-11-9-17(23)14-25-20(13-22)21(28-4)16-5-7-18(8-6-16)27-12-10-19(15-27)26(2)3/h5-8,14,19-21,24-25H,9-13,15,23H2,1-4H3/b17-14-/t19?,20-,21?/m1/s1. The van der Waals surface area contributed by atoms with Gasteiger partial charge < -0.3 is 30.9 Å². The quantitative estimate of drug-likeness (QED) is 0.533. The molecule has 0 radical (unpaired) electrons. The summed E-state index contributed by atoms with van der Waals surface area (Å²) in [5.74, 6) is 0. The molecule has 1 saturated heterocycles. The largest absolute Gasteiger partial charge is 0.401 e. The second-order valence-corrected chi connectivity index (χ2v) is 7.60. The molecule has 6 nitrogen and oxygen atoms in total. The molecule has 0 bridgehead atoms. The maximum absolute atomic E-state index is 13.7. The second-order valence-electron chi connectivity index (χ2n) is 7.60. The summed E-state index contributed by atoms with van der Waals surface area (Å²) >= 11 is 0. The van der Waals surface area contributed by atoms with Crippen molar-refractivity contribution in [3.05, 3.63) is 41.7 Å². The summed E-state index contributed by atoms with van der Waals surface area (Å²) in [5.41, 5.74) is 8.78. The van der Waals surface area contributed by atoms with Crippen LogP contribution in [0.15, 0.2) is 36.2 Å². The number of methoxy groups -OCH3 is 1. The second kappa shape index (κ2) is 11.2. The molecule has 1 aliphatic rings. The first kappa shape index (κ1) is 22.5. The number of nitrogens with one attached hydrogen (secondary N) is 2. The molecule has 3 atom stereocenters. The average molecular weight is 394 g/mol. The van der Waals surface area contributed by atoms with E-state index in [4.69, 9.17) is 10.5 Å². The Labute approximate surface area is 168 Å². The maximum atomic E-state index is 13.7. The number of halogens is 1. The topological polar surface area (TPSA) is 65.8 Å². The summed E-state index contributed by atoms with van der Waals surface area (Å²) < 4.78 is 19.3. The Morgan fingerprint density at radius 2 is 2.11 bits per heavy atom. The van der Waals surface area contributed by atoms with E-state index in [0.717, 1.165) is 25.2 Å². The predicted octanol–water partition coefficient (Wildman–Crippen LogP) is 1.85. The van der Waals surface area contributed by atoms with Gasteiger partial charge >= 0.3 is 0 Å². The molecule has 2 unspecified atom stereocenters. The van der Waals surface area contributed by atoms with Gasteiger partial charge in [-0.3, -0.25) is 0 Å². The minimum atomic E-state index is -0.549. The number of rotatable bonds is 11. The van der Waals surface area contributed by atoms with Crippen LogP contribution < -0.4 is 21.3 Å². The van der Waals surface area contributed by atoms with E-state index >= 15 is 0 Å². The van der Waals surface area contributed by atoms with Crippen LogP contribution in [0, 0.1) is 0 Å². The molecule has 1 aromatic rings. The Morgan fingerprint density at radius 1 is 1.39 bits per heavy atom. The highest BCUT2D eigenvalue weighted by Crippen LogP contribution is 2.27. The number of nitrogens with two attached hydrogens (primary N) is 1. The Balaban J connectivity index is 2.02. The summed E-state index contributed by atoms with van der Waals surface area (Å²) in [7, 11) is 7.74. The highest BCUT2D eigenvalue weighted by atomic mass is 19.1. The summed E-state index contributed by atoms with van der Waals surface area (Å²) in [5, 5.41) is 6.13. The van der Waals surface area contributed by atoms with Gasteiger partial charge in [-0.1, -0.05) is 12.1 Å². The molecule has 158 valence electrons. The normalized spacial score (nSPS) is 19.9. The number of ether oxygens (including phenoxy) is 1. The lowest BCUT2D eigenvalue weighted by atomic mass is 10.0. The van der Waals surface area contributed by atoms with Crippen LogP contribution in [0.1, 0.15) is 24.5 Å². The first-order valence-electron chi connectivity index (χ1n) is 9.95. The molecule has 0 saturated carbocycles. The zero-order chi connectivity index (χ0) is 20.5. The number of anilines is 1. The van der Waals surface area contributed by atoms with Crippen LogP contribution in [0.3, 0.4) is 0 Å². The van der Waals surface area contributed by atoms with Gasteiger partial charge in [0.25, 0.3) is 0 Å². The molecule has 0 aliphatic carbocycles. The van der Waals surface area contributed by atoms with Gasteiger partial charge in [0.15, 0.2) is 0 Å². The van der Waals surface area contributed by atoms with Crippen LogP contribution in [0.2, 0.25) is 0 Å². The molecule has 1 aromatic carbocycles. The SMILES string of the molecule is CNCC/C(N)=C/N[C@H](CF)C(OC)c1ccc(N2CCC(N(C)C)C2)cc1. The lowest BCUT2D eigenvalue weighted by Gasteiger charge is -2.26. The van der Waals surface area contributed by atoms with Gasteiger partial charge in [0.2, 0.25) is 0 Å². The van der Waals surface area contributed by atoms with Gasteiger partial charge in [0, 0.05) is 56.8 Å². The van der Waals surface area contributed by atoms with Crippen molar-refractivity contribution in [1.29, 1.82) is 0 Å². The minimum Gasteiger partial charge on any atom is -0.401 e. The first-order chi connectivity index (χ1) is 13.5. The molecule has 1 heterocycles. The van der Waals surface area contributed by atoms with Crippen molar-refractivity contribution in [3.8, 4) is 0 Å². The number of likely N-dealkylation sites (N-methyl/N-ethyl adjacent to an activating group) is 1. The van der Waals surface area contributed by atoms with Crippen molar-refractivity contribution in [2.24, 2.45) is 5.73 Å². The summed E-state index contributed by atoms with van der Waals surface area (Å²) in [6.45, 7) is 2.32. The Morgan fingerprint density at radius 3 is 2.64 bits per heavy atom. The van der Waals surface area contributed by atoms with Crippen molar-refractivity contribution in [3.63, 3.8) is 0 Å². The zero-order valence-electron chi connectivity index (χ0n) is 17.6. The molecule has 0 amide bonds. The summed E-state index contributed by atoms with van der Waals surface area (Å²) in [4.78, 5) is 4.68. The maximum Gasteiger partial charge on any atom is 0.112 e. The van der Waals surface area contributed by atoms with Gasteiger partial charge in [-0.05, 0) is 45.3 Å². The van der Waals surface area contributed by atoms with Crippen molar-refractivity contribution >= 4 is 5.69 Å². The number of benzene rings is 1. The molecule has 1 aliphatic heterocycles. The van der Waals surface area contributed by atoms with Crippen LogP contribution in [0.5, 0.6) is 0 Å². The third-order valence-electron chi connectivity index (χ3n) is 5.41. The smallest absolute Gasteiger partial charge is 0.112 e. The molecule has 7 heteroatoms. The Kier molecular flexibility index (Phi) is 9.02. The van der Waals surface area contributed by atoms with Gasteiger partial charge in [-0.2, -0.15) is 0 Å². The van der Waals surface area contributed by atoms with Gasteiger partial charge in [0.05, 0.1) is 6.04 Å². The molecule has 28 heavy (non-hydrogen) atoms. The van der Waals surface area contributed by atoms with Crippen LogP contribution in [0.25, 0.3) is 0 Å². The minimum absolute atomic E-state index is 0.388. The van der Waals surface area contributed by atoms with E-state index in [1.54, 1.807) is 13.3 Å². The fourth-order valence-corrected chi connectivity index (χ4v) is 3.57. The highest BCUT2D eigenvalue weighted by Gasteiger charge is 2.25. The van der Waals surface area contributed by atoms with Crippen LogP contribution in [-0.2, 0) is 4.74 Å². The molecular formula is C21H36FN5O. The average Bonchev–Trinajstić information content (AvgIpc) is 3.20. The predicted molar refractivity (Wildman–Crippen MR) is 114 cm³/mol. The van der Waals surface area contributed by atoms with E-state index in [1.165, 1.54) is 12.1 Å². The Hall–Kier alpha value is -1.83. The van der Waals surface area contributed by atoms with Gasteiger partial charge in [-0.15, -0.1) is 0 Å². The number of alkyl halides is 1. The van der Waals surface area contributed by atoms with Gasteiger partial charge in [-0.25, -0.2) is 4.39 Å². The zero-order valence-corrected chi connectivity index (χ0v) is 17.6. The van der Waals surface area contributed by atoms with E-state index in [1.807, 2.05) is 19.2 Å². The molecular weight excluding hydrogens is 357 g/mol. The molecule has 0 spiro atoms. The van der Waals surface area contributed by atoms with E-state index in [0.29, 0.717) is 18.2 Å². The summed E-state index contributed by atoms with van der Waals surface area (Å²) in [6, 6.07) is 8.37. The molecule has 4 N–H and O–H groups in total. The van der Waals surface area contributed by atoms with Crippen LogP contribution >= 0.6 is 0 Å². The van der Waals surface area contributed by atoms with Crippen molar-refractivity contribution < 1.29 is 9.13 Å². The lowest BCUT2D eigenvalue weighted by molar-refractivity contribution is 0.0634. The van der Waals surface area contributed by atoms with E-state index in [-0.39, 0.29) is 6.10 Å². The monoisotopic (exact) mass is 393 g/mol. The third kappa shape index (κ3) is 6.09. The fourth-order valence-electron chi connectivity index (χ4n) is 3.57.